The number of halogens is 5. The van der Waals surface area contributed by atoms with E-state index in [0.29, 0.717) is 49.3 Å². The first kappa shape index (κ1) is 24.7. The molecule has 36 heavy (non-hydrogen) atoms. The second-order valence-electron chi connectivity index (χ2n) is 8.72. The number of anilines is 1. The third kappa shape index (κ3) is 4.48. The van der Waals surface area contributed by atoms with Crippen molar-refractivity contribution in [2.45, 2.75) is 50.9 Å². The van der Waals surface area contributed by atoms with Gasteiger partial charge in [-0.05, 0) is 37.5 Å². The SMILES string of the molecule is O=c1c(Cl)c(N2CCn3c(C(O)c4cc(F)ccc4C(F)(F)F)cnc3C2)cnn1C1CCCCO1. The van der Waals surface area contributed by atoms with Crippen LogP contribution >= 0.6 is 11.6 Å². The molecule has 0 spiro atoms. The summed E-state index contributed by atoms with van der Waals surface area (Å²) in [6, 6.07) is 1.99. The van der Waals surface area contributed by atoms with Gasteiger partial charge in [0.1, 0.15) is 22.8 Å². The molecule has 2 atom stereocenters. The predicted molar refractivity (Wildman–Crippen MR) is 121 cm³/mol. The van der Waals surface area contributed by atoms with Gasteiger partial charge in [0, 0.05) is 25.3 Å². The molecule has 192 valence electrons. The normalized spacial score (nSPS) is 19.3. The molecule has 0 amide bonds. The lowest BCUT2D eigenvalue weighted by atomic mass is 9.99. The minimum Gasteiger partial charge on any atom is -0.382 e. The molecular formula is C23H22ClF4N5O3. The van der Waals surface area contributed by atoms with Crippen LogP contribution in [0.4, 0.5) is 23.2 Å². The maximum atomic E-state index is 13.8. The number of fused-ring (bicyclic) bond motifs is 1. The minimum atomic E-state index is -4.77. The fourth-order valence-corrected chi connectivity index (χ4v) is 4.92. The number of aromatic nitrogens is 4. The third-order valence-electron chi connectivity index (χ3n) is 6.48. The monoisotopic (exact) mass is 527 g/mol. The number of hydrogen-bond donors (Lipinski definition) is 1. The van der Waals surface area contributed by atoms with E-state index in [9.17, 15) is 27.5 Å². The third-order valence-corrected chi connectivity index (χ3v) is 6.84. The van der Waals surface area contributed by atoms with Gasteiger partial charge in [0.25, 0.3) is 5.56 Å². The van der Waals surface area contributed by atoms with Crippen molar-refractivity contribution in [3.8, 4) is 0 Å². The van der Waals surface area contributed by atoms with Gasteiger partial charge < -0.3 is 19.3 Å². The highest BCUT2D eigenvalue weighted by Gasteiger charge is 2.37. The van der Waals surface area contributed by atoms with Gasteiger partial charge >= 0.3 is 6.18 Å². The molecular weight excluding hydrogens is 506 g/mol. The first-order chi connectivity index (χ1) is 17.1. The Balaban J connectivity index is 1.41. The van der Waals surface area contributed by atoms with Crippen molar-refractivity contribution in [1.29, 1.82) is 0 Å². The first-order valence-corrected chi connectivity index (χ1v) is 11.8. The number of aliphatic hydroxyl groups is 1. The Hall–Kier alpha value is -2.96. The molecule has 0 bridgehead atoms. The van der Waals surface area contributed by atoms with Crippen molar-refractivity contribution >= 4 is 17.3 Å². The zero-order valence-electron chi connectivity index (χ0n) is 18.9. The number of ether oxygens (including phenoxy) is 1. The number of rotatable bonds is 4. The average molecular weight is 528 g/mol. The van der Waals surface area contributed by atoms with Gasteiger partial charge in [-0.1, -0.05) is 11.6 Å². The number of nitrogens with zero attached hydrogens (tertiary/aromatic N) is 5. The van der Waals surface area contributed by atoms with E-state index >= 15 is 0 Å². The van der Waals surface area contributed by atoms with Crippen LogP contribution in [0.5, 0.6) is 0 Å². The highest BCUT2D eigenvalue weighted by molar-refractivity contribution is 6.33. The van der Waals surface area contributed by atoms with Crippen LogP contribution in [0.2, 0.25) is 5.02 Å². The first-order valence-electron chi connectivity index (χ1n) is 11.4. The van der Waals surface area contributed by atoms with Gasteiger partial charge in [-0.25, -0.2) is 9.37 Å². The molecule has 1 saturated heterocycles. The number of alkyl halides is 3. The van der Waals surface area contributed by atoms with E-state index in [4.69, 9.17) is 16.3 Å². The molecule has 1 fully saturated rings. The van der Waals surface area contributed by atoms with Gasteiger partial charge in [-0.15, -0.1) is 0 Å². The topological polar surface area (TPSA) is 85.4 Å². The van der Waals surface area contributed by atoms with Gasteiger partial charge in [0.2, 0.25) is 0 Å². The molecule has 2 aliphatic rings. The van der Waals surface area contributed by atoms with E-state index in [2.05, 4.69) is 10.1 Å². The second-order valence-corrected chi connectivity index (χ2v) is 9.10. The van der Waals surface area contributed by atoms with Crippen LogP contribution in [-0.4, -0.2) is 37.6 Å². The highest BCUT2D eigenvalue weighted by Crippen LogP contribution is 2.38. The smallest absolute Gasteiger partial charge is 0.382 e. The molecule has 2 aromatic heterocycles. The Morgan fingerprint density at radius 1 is 1.19 bits per heavy atom. The lowest BCUT2D eigenvalue weighted by molar-refractivity contribution is -0.139. The number of benzene rings is 1. The molecule has 1 N–H and O–H groups in total. The lowest BCUT2D eigenvalue weighted by Crippen LogP contribution is -2.37. The summed E-state index contributed by atoms with van der Waals surface area (Å²) in [6.45, 7) is 1.28. The summed E-state index contributed by atoms with van der Waals surface area (Å²) < 4.78 is 62.6. The molecule has 0 radical (unpaired) electrons. The van der Waals surface area contributed by atoms with Crippen molar-refractivity contribution in [3.63, 3.8) is 0 Å². The van der Waals surface area contributed by atoms with Gasteiger partial charge in [-0.3, -0.25) is 4.79 Å². The molecule has 8 nitrogen and oxygen atoms in total. The molecule has 2 unspecified atom stereocenters. The van der Waals surface area contributed by atoms with Crippen molar-refractivity contribution in [2.24, 2.45) is 0 Å². The number of hydrogen-bond acceptors (Lipinski definition) is 6. The lowest BCUT2D eigenvalue weighted by Gasteiger charge is -2.31. The summed E-state index contributed by atoms with van der Waals surface area (Å²) in [5, 5.41) is 15.0. The van der Waals surface area contributed by atoms with Crippen molar-refractivity contribution < 1.29 is 27.4 Å². The van der Waals surface area contributed by atoms with Crippen LogP contribution in [0.15, 0.2) is 35.4 Å². The van der Waals surface area contributed by atoms with Gasteiger partial charge in [0.15, 0.2) is 6.23 Å². The van der Waals surface area contributed by atoms with Crippen LogP contribution in [0.25, 0.3) is 0 Å². The molecule has 0 saturated carbocycles. The van der Waals surface area contributed by atoms with Crippen molar-refractivity contribution in [3.05, 3.63) is 74.4 Å². The summed E-state index contributed by atoms with van der Waals surface area (Å²) >= 11 is 6.41. The van der Waals surface area contributed by atoms with E-state index < -0.39 is 41.0 Å². The zero-order valence-corrected chi connectivity index (χ0v) is 19.6. The van der Waals surface area contributed by atoms with Crippen LogP contribution in [-0.2, 0) is 24.0 Å². The molecule has 1 aromatic carbocycles. The van der Waals surface area contributed by atoms with Crippen LogP contribution in [0.3, 0.4) is 0 Å². The van der Waals surface area contributed by atoms with Crippen LogP contribution in [0, 0.1) is 5.82 Å². The number of imidazole rings is 1. The van der Waals surface area contributed by atoms with E-state index in [0.717, 1.165) is 12.8 Å². The summed E-state index contributed by atoms with van der Waals surface area (Å²) in [4.78, 5) is 18.9. The summed E-state index contributed by atoms with van der Waals surface area (Å²) in [7, 11) is 0. The maximum Gasteiger partial charge on any atom is 0.416 e. The van der Waals surface area contributed by atoms with Crippen molar-refractivity contribution in [1.82, 2.24) is 19.3 Å². The molecule has 3 aromatic rings. The maximum absolute atomic E-state index is 13.8. The molecule has 5 rings (SSSR count). The Kier molecular flexibility index (Phi) is 6.52. The van der Waals surface area contributed by atoms with E-state index in [1.807, 2.05) is 0 Å². The van der Waals surface area contributed by atoms with Gasteiger partial charge in [-0.2, -0.15) is 23.0 Å². The Labute approximate surface area is 207 Å². The number of aliphatic hydroxyl groups excluding tert-OH is 1. The fraction of sp³-hybridized carbons (Fsp3) is 0.435. The predicted octanol–water partition coefficient (Wildman–Crippen LogP) is 4.05. The van der Waals surface area contributed by atoms with Crippen molar-refractivity contribution in [2.75, 3.05) is 18.1 Å². The zero-order chi connectivity index (χ0) is 25.6. The standard InChI is InChI=1S/C23H22ClF4N5O3/c24-20-16(11-30-33(22(20)35)19-3-1-2-8-36-19)31-6-7-32-17(10-29-18(32)12-31)21(34)14-9-13(25)4-5-15(14)23(26,27)28/h4-5,9-11,19,21,34H,1-3,6-8,12H2. The quantitative estimate of drug-likeness (QED) is 0.515. The molecule has 0 aliphatic carbocycles. The molecule has 13 heteroatoms. The highest BCUT2D eigenvalue weighted by atomic mass is 35.5. The minimum absolute atomic E-state index is 0.0194. The second kappa shape index (κ2) is 9.49. The Morgan fingerprint density at radius 2 is 2.00 bits per heavy atom. The van der Waals surface area contributed by atoms with E-state index in [-0.39, 0.29) is 23.8 Å². The molecule has 4 heterocycles. The largest absolute Gasteiger partial charge is 0.416 e. The average Bonchev–Trinajstić information content (AvgIpc) is 3.28. The fourth-order valence-electron chi connectivity index (χ4n) is 4.66. The van der Waals surface area contributed by atoms with Crippen LogP contribution in [0.1, 0.15) is 54.2 Å². The van der Waals surface area contributed by atoms with Crippen LogP contribution < -0.4 is 10.5 Å². The van der Waals surface area contributed by atoms with E-state index in [1.54, 1.807) is 9.47 Å². The van der Waals surface area contributed by atoms with Gasteiger partial charge in [0.05, 0.1) is 35.9 Å². The summed E-state index contributed by atoms with van der Waals surface area (Å²) in [6.07, 6.45) is -1.72. The summed E-state index contributed by atoms with van der Waals surface area (Å²) in [5.74, 6) is -0.451. The van der Waals surface area contributed by atoms with E-state index in [1.165, 1.54) is 17.1 Å². The Morgan fingerprint density at radius 3 is 2.72 bits per heavy atom. The summed E-state index contributed by atoms with van der Waals surface area (Å²) in [5.41, 5.74) is -1.68. The Bertz CT molecular complexity index is 1340. The molecule has 2 aliphatic heterocycles.